The molecule has 0 saturated carbocycles. The topological polar surface area (TPSA) is 9.86 Å². The first-order chi connectivity index (χ1) is 15.3. The molecule has 4 aromatic carbocycles. The minimum absolute atomic E-state index is 0.556. The molecule has 0 unspecified atom stereocenters. The van der Waals surface area contributed by atoms with Gasteiger partial charge in [0.15, 0.2) is 0 Å². The predicted octanol–water partition coefficient (Wildman–Crippen LogP) is 9.24. The van der Waals surface area contributed by atoms with E-state index < -0.39 is 17.0 Å². The first-order valence-corrected chi connectivity index (χ1v) is 15.9. The van der Waals surface area contributed by atoms with Crippen molar-refractivity contribution in [1.82, 2.24) is 9.13 Å². The van der Waals surface area contributed by atoms with Crippen LogP contribution in [0, 0.1) is 0 Å². The third-order valence-electron chi connectivity index (χ3n) is 4.81. The molecule has 31 heavy (non-hydrogen) atoms. The van der Waals surface area contributed by atoms with Crippen LogP contribution in [0.1, 0.15) is 0 Å². The van der Waals surface area contributed by atoms with Crippen LogP contribution in [0.4, 0.5) is 0 Å². The van der Waals surface area contributed by atoms with Crippen LogP contribution in [0.3, 0.4) is 0 Å². The molecule has 7 heteroatoms. The molecule has 0 amide bonds. The van der Waals surface area contributed by atoms with Crippen LogP contribution in [0.5, 0.6) is 0 Å². The number of benzene rings is 2. The van der Waals surface area contributed by atoms with Crippen LogP contribution in [-0.4, -0.2) is 9.13 Å². The van der Waals surface area contributed by atoms with Crippen LogP contribution in [0.25, 0.3) is 32.9 Å². The third-order valence-corrected chi connectivity index (χ3v) is 6.19. The summed E-state index contributed by atoms with van der Waals surface area (Å²) in [7, 11) is 12.3. The van der Waals surface area contributed by atoms with Crippen LogP contribution in [-0.2, 0) is 17.0 Å². The maximum Gasteiger partial charge on any atom is 0.0344 e. The second kappa shape index (κ2) is 11.3. The van der Waals surface area contributed by atoms with Crippen molar-refractivity contribution in [2.24, 2.45) is 0 Å². The summed E-state index contributed by atoms with van der Waals surface area (Å²) in [4.78, 5) is 0. The van der Waals surface area contributed by atoms with Crippen LogP contribution < -0.4 is 0 Å². The smallest absolute Gasteiger partial charge is 0.0344 e. The van der Waals surface area contributed by atoms with E-state index in [1.165, 1.54) is 49.3 Å². The molecule has 0 bridgehead atoms. The predicted molar refractivity (Wildman–Crippen MR) is 134 cm³/mol. The molecule has 0 atom stereocenters. The van der Waals surface area contributed by atoms with Gasteiger partial charge < -0.3 is 9.13 Å². The van der Waals surface area contributed by atoms with E-state index in [9.17, 15) is 0 Å². The van der Waals surface area contributed by atoms with Gasteiger partial charge in [-0.15, -0.1) is 82.2 Å². The van der Waals surface area contributed by atoms with Gasteiger partial charge in [0.25, 0.3) is 0 Å². The van der Waals surface area contributed by atoms with Crippen molar-refractivity contribution in [3.05, 3.63) is 109 Å². The van der Waals surface area contributed by atoms with Gasteiger partial charge >= 0.3 is 35.6 Å². The normalized spacial score (nSPS) is 10.8. The zero-order valence-corrected chi connectivity index (χ0v) is 21.3. The minimum Gasteiger partial charge on any atom is -0.338 e. The second-order valence-corrected chi connectivity index (χ2v) is 10.9. The summed E-state index contributed by atoms with van der Waals surface area (Å²) < 4.78 is 4.34. The van der Waals surface area contributed by atoms with Crippen molar-refractivity contribution >= 4 is 56.5 Å². The van der Waals surface area contributed by atoms with Crippen molar-refractivity contribution < 1.29 is 17.0 Å². The molecular formula is C24H18Cl2N2P2Ti-2. The Morgan fingerprint density at radius 3 is 1.45 bits per heavy atom. The van der Waals surface area contributed by atoms with E-state index >= 15 is 0 Å². The summed E-state index contributed by atoms with van der Waals surface area (Å²) >= 11 is -0.556. The SMILES string of the molecule is [Cl][Ti][Cl].c1ccc2[cH-]c(-n3ccpc3)cc2c1.c1ccc2[cH-]c(-n3ccpc3)cc2c1. The Morgan fingerprint density at radius 1 is 0.677 bits per heavy atom. The van der Waals surface area contributed by atoms with E-state index in [-0.39, 0.29) is 0 Å². The molecule has 0 saturated heterocycles. The zero-order chi connectivity index (χ0) is 21.5. The molecule has 0 aliphatic rings. The van der Waals surface area contributed by atoms with Gasteiger partial charge in [-0.25, -0.2) is 0 Å². The van der Waals surface area contributed by atoms with Gasteiger partial charge in [0.1, 0.15) is 0 Å². The summed E-state index contributed by atoms with van der Waals surface area (Å²) in [5.41, 5.74) is 2.51. The van der Waals surface area contributed by atoms with E-state index in [1.807, 2.05) is 0 Å². The Kier molecular flexibility index (Phi) is 8.23. The van der Waals surface area contributed by atoms with E-state index in [0.717, 1.165) is 0 Å². The number of aromatic nitrogens is 2. The fourth-order valence-electron chi connectivity index (χ4n) is 3.39. The quantitative estimate of drug-likeness (QED) is 0.161. The minimum atomic E-state index is -0.556. The van der Waals surface area contributed by atoms with Crippen molar-refractivity contribution in [2.45, 2.75) is 0 Å². The molecule has 0 fully saturated rings. The molecule has 2 heterocycles. The second-order valence-electron chi connectivity index (χ2n) is 6.70. The van der Waals surface area contributed by atoms with Crippen molar-refractivity contribution in [2.75, 3.05) is 0 Å². The van der Waals surface area contributed by atoms with E-state index in [2.05, 4.69) is 118 Å². The van der Waals surface area contributed by atoms with Crippen molar-refractivity contribution in [1.29, 1.82) is 0 Å². The van der Waals surface area contributed by atoms with Crippen molar-refractivity contribution in [3.63, 3.8) is 0 Å². The average Bonchev–Trinajstić information content (AvgIpc) is 3.60. The van der Waals surface area contributed by atoms with Crippen LogP contribution in [0.2, 0.25) is 0 Å². The molecule has 0 aliphatic heterocycles. The zero-order valence-electron chi connectivity index (χ0n) is 16.4. The number of fused-ring (bicyclic) bond motifs is 2. The Bertz CT molecular complexity index is 1170. The Hall–Kier alpha value is -1.63. The Labute approximate surface area is 201 Å². The van der Waals surface area contributed by atoms with Crippen LogP contribution in [0.15, 0.2) is 109 Å². The maximum absolute atomic E-state index is 4.89. The fourth-order valence-corrected chi connectivity index (χ4v) is 4.69. The van der Waals surface area contributed by atoms with Gasteiger partial charge in [-0.3, -0.25) is 0 Å². The van der Waals surface area contributed by atoms with E-state index in [0.29, 0.717) is 0 Å². The summed E-state index contributed by atoms with van der Waals surface area (Å²) in [6, 6.07) is 25.8. The van der Waals surface area contributed by atoms with Crippen molar-refractivity contribution in [3.8, 4) is 11.4 Å². The molecule has 6 aromatic rings. The van der Waals surface area contributed by atoms with Gasteiger partial charge in [0, 0.05) is 24.3 Å². The maximum atomic E-state index is 4.89. The molecule has 0 aliphatic carbocycles. The molecule has 2 nitrogen and oxygen atoms in total. The van der Waals surface area contributed by atoms with Gasteiger partial charge in [-0.05, 0) is 23.0 Å². The summed E-state index contributed by atoms with van der Waals surface area (Å²) in [6.45, 7) is 0. The molecular weight excluding hydrogens is 497 g/mol. The number of rotatable bonds is 2. The van der Waals surface area contributed by atoms with Gasteiger partial charge in [-0.2, -0.15) is 0 Å². The number of hydrogen-bond acceptors (Lipinski definition) is 0. The van der Waals surface area contributed by atoms with Gasteiger partial charge in [-0.1, -0.05) is 28.5 Å². The first-order valence-electron chi connectivity index (χ1n) is 9.52. The molecule has 154 valence electrons. The largest absolute Gasteiger partial charge is 0.338 e. The van der Waals surface area contributed by atoms with Gasteiger partial charge in [0.2, 0.25) is 0 Å². The first kappa shape index (κ1) is 22.6. The average molecular weight is 515 g/mol. The van der Waals surface area contributed by atoms with E-state index in [4.69, 9.17) is 18.6 Å². The van der Waals surface area contributed by atoms with Gasteiger partial charge in [0.05, 0.1) is 0 Å². The number of hydrogen-bond donors (Lipinski definition) is 0. The molecule has 2 aromatic heterocycles. The monoisotopic (exact) mass is 514 g/mol. The van der Waals surface area contributed by atoms with Crippen LogP contribution >= 0.6 is 35.0 Å². The summed E-state index contributed by atoms with van der Waals surface area (Å²) in [5.74, 6) is 8.59. The number of nitrogens with zero attached hydrogens (tertiary/aromatic N) is 2. The fraction of sp³-hybridized carbons (Fsp3) is 0. The Morgan fingerprint density at radius 2 is 1.10 bits per heavy atom. The Balaban J connectivity index is 0.000000133. The molecule has 0 radical (unpaired) electrons. The van der Waals surface area contributed by atoms with E-state index in [1.54, 1.807) is 0 Å². The number of halogens is 2. The standard InChI is InChI=1S/2C12H9NP.2ClH.Ti/c2*1-2-4-11-8-12(7-10(11)3-1)13-5-6-14-9-13;;;/h2*1-9H;2*1H;/q2*-1;;;+2/p-2. The third kappa shape index (κ3) is 5.79. The summed E-state index contributed by atoms with van der Waals surface area (Å²) in [6.07, 6.45) is 4.21. The molecule has 0 N–H and O–H groups in total. The molecule has 0 spiro atoms. The summed E-state index contributed by atoms with van der Waals surface area (Å²) in [5, 5.41) is 5.25. The molecule has 6 rings (SSSR count).